The number of anilines is 1. The van der Waals surface area contributed by atoms with Crippen molar-refractivity contribution in [3.05, 3.63) is 28.8 Å². The van der Waals surface area contributed by atoms with Crippen molar-refractivity contribution < 1.29 is 9.59 Å². The summed E-state index contributed by atoms with van der Waals surface area (Å²) in [5.41, 5.74) is 4.17. The van der Waals surface area contributed by atoms with Gasteiger partial charge in [0, 0.05) is 11.4 Å². The Balaban J connectivity index is 2.20. The topological polar surface area (TPSA) is 49.4 Å². The maximum Gasteiger partial charge on any atom is 0.250 e. The van der Waals surface area contributed by atoms with Gasteiger partial charge < -0.3 is 0 Å². The first kappa shape index (κ1) is 11.9. The number of rotatable bonds is 3. The molecule has 1 aromatic carbocycles. The zero-order chi connectivity index (χ0) is 12.4. The molecule has 0 spiro atoms. The molecule has 1 heterocycles. The number of halogens is 1. The second-order valence-corrected chi connectivity index (χ2v) is 4.40. The molecule has 0 radical (unpaired) electrons. The van der Waals surface area contributed by atoms with Gasteiger partial charge in [-0.05, 0) is 30.2 Å². The molecule has 5 heteroatoms. The van der Waals surface area contributed by atoms with Crippen LogP contribution in [-0.4, -0.2) is 11.8 Å². The lowest BCUT2D eigenvalue weighted by molar-refractivity contribution is -0.125. The summed E-state index contributed by atoms with van der Waals surface area (Å²) in [6.45, 7) is 1.92. The van der Waals surface area contributed by atoms with E-state index in [0.29, 0.717) is 17.1 Å². The van der Waals surface area contributed by atoms with E-state index in [1.54, 1.807) is 18.2 Å². The highest BCUT2D eigenvalue weighted by molar-refractivity contribution is 6.30. The van der Waals surface area contributed by atoms with E-state index >= 15 is 0 Å². The molecule has 1 N–H and O–H groups in total. The van der Waals surface area contributed by atoms with Gasteiger partial charge >= 0.3 is 0 Å². The highest BCUT2D eigenvalue weighted by Crippen LogP contribution is 2.29. The Morgan fingerprint density at radius 1 is 1.53 bits per heavy atom. The molecule has 1 aliphatic heterocycles. The molecular formula is C12H13ClN2O2. The van der Waals surface area contributed by atoms with Crippen LogP contribution in [0.15, 0.2) is 18.2 Å². The van der Waals surface area contributed by atoms with E-state index in [1.807, 2.05) is 6.92 Å². The van der Waals surface area contributed by atoms with Crippen LogP contribution in [0, 0.1) is 0 Å². The fourth-order valence-electron chi connectivity index (χ4n) is 1.82. The first-order valence-corrected chi connectivity index (χ1v) is 5.90. The summed E-state index contributed by atoms with van der Waals surface area (Å²) >= 11 is 5.86. The molecule has 0 saturated carbocycles. The Hall–Kier alpha value is -1.55. The average Bonchev–Trinajstić information content (AvgIpc) is 2.55. The minimum absolute atomic E-state index is 0.133. The van der Waals surface area contributed by atoms with Crippen LogP contribution in [-0.2, 0) is 16.0 Å². The SMILES string of the molecule is CCCC(=O)NN1C(=O)Cc2cc(Cl)ccc21. The number of hydrogen-bond donors (Lipinski definition) is 1. The summed E-state index contributed by atoms with van der Waals surface area (Å²) in [6, 6.07) is 5.20. The third-order valence-corrected chi connectivity index (χ3v) is 2.82. The first-order chi connectivity index (χ1) is 8.11. The lowest BCUT2D eigenvalue weighted by Crippen LogP contribution is -2.44. The van der Waals surface area contributed by atoms with E-state index in [1.165, 1.54) is 5.01 Å². The molecule has 1 aromatic rings. The maximum absolute atomic E-state index is 11.8. The van der Waals surface area contributed by atoms with Crippen molar-refractivity contribution in [3.8, 4) is 0 Å². The normalized spacial score (nSPS) is 13.8. The highest BCUT2D eigenvalue weighted by atomic mass is 35.5. The third-order valence-electron chi connectivity index (χ3n) is 2.59. The van der Waals surface area contributed by atoms with Crippen LogP contribution in [0.5, 0.6) is 0 Å². The van der Waals surface area contributed by atoms with Crippen LogP contribution in [0.25, 0.3) is 0 Å². The molecule has 0 bridgehead atoms. The zero-order valence-corrected chi connectivity index (χ0v) is 10.3. The number of hydrogen-bond acceptors (Lipinski definition) is 2. The molecule has 90 valence electrons. The van der Waals surface area contributed by atoms with Crippen molar-refractivity contribution in [1.29, 1.82) is 0 Å². The maximum atomic E-state index is 11.8. The summed E-state index contributed by atoms with van der Waals surface area (Å²) in [4.78, 5) is 23.2. The lowest BCUT2D eigenvalue weighted by Gasteiger charge is -2.18. The third kappa shape index (κ3) is 2.42. The minimum Gasteiger partial charge on any atom is -0.273 e. The Morgan fingerprint density at radius 2 is 2.29 bits per heavy atom. The van der Waals surface area contributed by atoms with Crippen molar-refractivity contribution in [2.75, 3.05) is 5.01 Å². The number of carbonyl (C=O) groups is 2. The monoisotopic (exact) mass is 252 g/mol. The Labute approximate surface area is 105 Å². The molecule has 17 heavy (non-hydrogen) atoms. The molecule has 0 saturated heterocycles. The number of carbonyl (C=O) groups excluding carboxylic acids is 2. The molecule has 2 amide bonds. The van der Waals surface area contributed by atoms with Gasteiger partial charge in [-0.15, -0.1) is 0 Å². The van der Waals surface area contributed by atoms with Crippen molar-refractivity contribution >= 4 is 29.1 Å². The number of fused-ring (bicyclic) bond motifs is 1. The second kappa shape index (κ2) is 4.75. The number of hydrazine groups is 1. The van der Waals surface area contributed by atoms with Crippen molar-refractivity contribution in [1.82, 2.24) is 5.43 Å². The molecule has 0 unspecified atom stereocenters. The molecule has 0 fully saturated rings. The predicted molar refractivity (Wildman–Crippen MR) is 65.7 cm³/mol. The Kier molecular flexibility index (Phi) is 3.33. The van der Waals surface area contributed by atoms with Gasteiger partial charge in [0.25, 0.3) is 0 Å². The molecule has 0 aliphatic carbocycles. The van der Waals surface area contributed by atoms with Crippen LogP contribution in [0.4, 0.5) is 5.69 Å². The fraction of sp³-hybridized carbons (Fsp3) is 0.333. The number of nitrogens with zero attached hydrogens (tertiary/aromatic N) is 1. The van der Waals surface area contributed by atoms with E-state index in [0.717, 1.165) is 12.0 Å². The molecule has 0 aromatic heterocycles. The quantitative estimate of drug-likeness (QED) is 0.895. The van der Waals surface area contributed by atoms with E-state index < -0.39 is 0 Å². The molecule has 1 aliphatic rings. The lowest BCUT2D eigenvalue weighted by atomic mass is 10.2. The number of benzene rings is 1. The largest absolute Gasteiger partial charge is 0.273 e. The summed E-state index contributed by atoms with van der Waals surface area (Å²) in [5, 5.41) is 1.90. The van der Waals surface area contributed by atoms with Gasteiger partial charge in [0.2, 0.25) is 11.8 Å². The summed E-state index contributed by atoms with van der Waals surface area (Å²) in [7, 11) is 0. The smallest absolute Gasteiger partial charge is 0.250 e. The number of nitrogens with one attached hydrogen (secondary N) is 1. The van der Waals surface area contributed by atoms with E-state index in [9.17, 15) is 9.59 Å². The predicted octanol–water partition coefficient (Wildman–Crippen LogP) is 2.06. The van der Waals surface area contributed by atoms with Gasteiger partial charge in [0.15, 0.2) is 0 Å². The van der Waals surface area contributed by atoms with Gasteiger partial charge in [0.05, 0.1) is 12.1 Å². The van der Waals surface area contributed by atoms with Gasteiger partial charge in [-0.3, -0.25) is 15.0 Å². The van der Waals surface area contributed by atoms with Gasteiger partial charge in [-0.1, -0.05) is 18.5 Å². The average molecular weight is 253 g/mol. The summed E-state index contributed by atoms with van der Waals surface area (Å²) in [5.74, 6) is -0.282. The van der Waals surface area contributed by atoms with E-state index in [2.05, 4.69) is 5.43 Å². The van der Waals surface area contributed by atoms with Gasteiger partial charge in [-0.2, -0.15) is 0 Å². The van der Waals surface area contributed by atoms with Crippen LogP contribution in [0.3, 0.4) is 0 Å². The molecule has 2 rings (SSSR count). The van der Waals surface area contributed by atoms with Crippen LogP contribution in [0.1, 0.15) is 25.3 Å². The zero-order valence-electron chi connectivity index (χ0n) is 9.50. The van der Waals surface area contributed by atoms with Crippen LogP contribution >= 0.6 is 11.6 Å². The van der Waals surface area contributed by atoms with E-state index in [4.69, 9.17) is 11.6 Å². The van der Waals surface area contributed by atoms with Gasteiger partial charge in [0.1, 0.15) is 0 Å². The fourth-order valence-corrected chi connectivity index (χ4v) is 2.02. The van der Waals surface area contributed by atoms with Crippen molar-refractivity contribution in [3.63, 3.8) is 0 Å². The highest BCUT2D eigenvalue weighted by Gasteiger charge is 2.28. The van der Waals surface area contributed by atoms with Crippen LogP contribution in [0.2, 0.25) is 5.02 Å². The van der Waals surface area contributed by atoms with Crippen LogP contribution < -0.4 is 10.4 Å². The molecule has 0 atom stereocenters. The van der Waals surface area contributed by atoms with Gasteiger partial charge in [-0.25, -0.2) is 5.01 Å². The standard InChI is InChI=1S/C12H13ClN2O2/c1-2-3-11(16)14-15-10-5-4-9(13)6-8(10)7-12(15)17/h4-6H,2-3,7H2,1H3,(H,14,16). The number of amides is 2. The Bertz CT molecular complexity index is 474. The van der Waals surface area contributed by atoms with E-state index in [-0.39, 0.29) is 18.2 Å². The summed E-state index contributed by atoms with van der Waals surface area (Å²) in [6.07, 6.45) is 1.44. The second-order valence-electron chi connectivity index (χ2n) is 3.96. The molecular weight excluding hydrogens is 240 g/mol. The molecule has 4 nitrogen and oxygen atoms in total. The Morgan fingerprint density at radius 3 is 3.00 bits per heavy atom. The van der Waals surface area contributed by atoms with Crippen molar-refractivity contribution in [2.24, 2.45) is 0 Å². The van der Waals surface area contributed by atoms with Crippen molar-refractivity contribution in [2.45, 2.75) is 26.2 Å². The first-order valence-electron chi connectivity index (χ1n) is 5.52. The minimum atomic E-state index is -0.149. The summed E-state index contributed by atoms with van der Waals surface area (Å²) < 4.78 is 0.